The summed E-state index contributed by atoms with van der Waals surface area (Å²) >= 11 is 0. The van der Waals surface area contributed by atoms with Crippen molar-refractivity contribution in [1.82, 2.24) is 4.98 Å². The van der Waals surface area contributed by atoms with Crippen LogP contribution in [0.4, 0.5) is 5.69 Å². The number of hydrogen-bond acceptors (Lipinski definition) is 3. The normalized spacial score (nSPS) is 16.8. The van der Waals surface area contributed by atoms with Crippen molar-refractivity contribution in [2.75, 3.05) is 12.1 Å². The van der Waals surface area contributed by atoms with Crippen molar-refractivity contribution < 1.29 is 14.3 Å². The molecular weight excluding hydrogens is 315 g/mol. The highest BCUT2D eigenvalue weighted by Gasteiger charge is 2.51. The van der Waals surface area contributed by atoms with E-state index in [1.54, 1.807) is 6.20 Å². The molecule has 2 aromatic carbocycles. The average Bonchev–Trinajstić information content (AvgIpc) is 3.17. The summed E-state index contributed by atoms with van der Waals surface area (Å²) in [7, 11) is 5.95. The number of hydrogen-bond donors (Lipinski definition) is 2. The van der Waals surface area contributed by atoms with E-state index in [9.17, 15) is 4.79 Å². The van der Waals surface area contributed by atoms with Crippen molar-refractivity contribution >= 4 is 35.8 Å². The van der Waals surface area contributed by atoms with Gasteiger partial charge >= 0.3 is 0 Å². The van der Waals surface area contributed by atoms with Crippen LogP contribution in [-0.4, -0.2) is 25.5 Å². The fourth-order valence-corrected chi connectivity index (χ4v) is 3.44. The quantitative estimate of drug-likeness (QED) is 0.725. The molecule has 0 bridgehead atoms. The van der Waals surface area contributed by atoms with Gasteiger partial charge < -0.3 is 19.8 Å². The number of carbonyl (C=O) groups is 1. The number of aromatic amines is 1. The molecule has 1 aliphatic heterocycles. The number of fused-ring (bicyclic) bond motifs is 2. The van der Waals surface area contributed by atoms with Crippen LogP contribution >= 0.6 is 0 Å². The number of anilines is 1. The predicted octanol–water partition coefficient (Wildman–Crippen LogP) is 2.36. The van der Waals surface area contributed by atoms with Gasteiger partial charge in [-0.3, -0.25) is 4.79 Å². The van der Waals surface area contributed by atoms with E-state index >= 15 is 0 Å². The van der Waals surface area contributed by atoms with Crippen molar-refractivity contribution in [2.24, 2.45) is 0 Å². The molecule has 5 rings (SSSR count). The van der Waals surface area contributed by atoms with E-state index in [2.05, 4.69) is 10.3 Å². The molecule has 25 heavy (non-hydrogen) atoms. The monoisotopic (exact) mass is 330 g/mol. The zero-order valence-corrected chi connectivity index (χ0v) is 13.5. The number of aromatic nitrogens is 1. The molecule has 1 amide bonds. The average molecular weight is 330 g/mol. The molecule has 1 saturated carbocycles. The molecule has 0 spiro atoms. The summed E-state index contributed by atoms with van der Waals surface area (Å²) in [5, 5.41) is 3.95. The van der Waals surface area contributed by atoms with Gasteiger partial charge in [0.25, 0.3) is 0 Å². The molecule has 2 N–H and O–H groups in total. The Hall–Kier alpha value is -2.89. The summed E-state index contributed by atoms with van der Waals surface area (Å²) in [6.07, 6.45) is 3.41. The van der Waals surface area contributed by atoms with Gasteiger partial charge in [-0.05, 0) is 60.3 Å². The Bertz CT molecular complexity index is 1010. The van der Waals surface area contributed by atoms with Gasteiger partial charge in [-0.1, -0.05) is 11.5 Å². The number of ether oxygens (including phenoxy) is 2. The molecule has 2 heterocycles. The van der Waals surface area contributed by atoms with Gasteiger partial charge in [0.15, 0.2) is 11.5 Å². The first-order valence-corrected chi connectivity index (χ1v) is 8.24. The Morgan fingerprint density at radius 2 is 1.96 bits per heavy atom. The van der Waals surface area contributed by atoms with Crippen LogP contribution in [0.3, 0.4) is 0 Å². The maximum Gasteiger partial charge on any atom is 0.235 e. The molecular formula is C19H15BN2O3. The molecule has 0 atom stereocenters. The van der Waals surface area contributed by atoms with Crippen molar-refractivity contribution in [3.05, 3.63) is 48.2 Å². The van der Waals surface area contributed by atoms with E-state index in [4.69, 9.17) is 17.3 Å². The first kappa shape index (κ1) is 14.5. The Morgan fingerprint density at radius 3 is 2.80 bits per heavy atom. The summed E-state index contributed by atoms with van der Waals surface area (Å²) in [5.74, 6) is 1.44. The highest BCUT2D eigenvalue weighted by atomic mass is 16.7. The molecule has 5 nitrogen and oxygen atoms in total. The molecule has 2 radical (unpaired) electrons. The minimum Gasteiger partial charge on any atom is -0.454 e. The molecule has 1 aliphatic carbocycles. The highest BCUT2D eigenvalue weighted by molar-refractivity contribution is 6.39. The van der Waals surface area contributed by atoms with Crippen LogP contribution in [-0.2, 0) is 10.2 Å². The zero-order chi connectivity index (χ0) is 17.0. The summed E-state index contributed by atoms with van der Waals surface area (Å²) < 4.78 is 10.8. The van der Waals surface area contributed by atoms with E-state index in [0.29, 0.717) is 11.2 Å². The van der Waals surface area contributed by atoms with E-state index in [0.717, 1.165) is 40.7 Å². The fourth-order valence-electron chi connectivity index (χ4n) is 3.44. The van der Waals surface area contributed by atoms with Gasteiger partial charge in [-0.25, -0.2) is 0 Å². The summed E-state index contributed by atoms with van der Waals surface area (Å²) in [5.41, 5.74) is 2.85. The molecule has 0 saturated heterocycles. The summed E-state index contributed by atoms with van der Waals surface area (Å²) in [6, 6.07) is 11.4. The van der Waals surface area contributed by atoms with Crippen LogP contribution in [0.2, 0.25) is 0 Å². The minimum absolute atomic E-state index is 0.000164. The third-order valence-electron chi connectivity index (χ3n) is 5.08. The molecule has 3 aromatic rings. The van der Waals surface area contributed by atoms with Crippen LogP contribution < -0.4 is 20.3 Å². The lowest BCUT2D eigenvalue weighted by Gasteiger charge is -2.16. The second kappa shape index (κ2) is 5.05. The Balaban J connectivity index is 1.44. The Morgan fingerprint density at radius 1 is 1.12 bits per heavy atom. The van der Waals surface area contributed by atoms with E-state index in [1.165, 1.54) is 0 Å². The first-order valence-electron chi connectivity index (χ1n) is 8.24. The maximum atomic E-state index is 12.9. The lowest BCUT2D eigenvalue weighted by molar-refractivity contribution is -0.118. The van der Waals surface area contributed by atoms with Gasteiger partial charge in [-0.2, -0.15) is 0 Å². The second-order valence-electron chi connectivity index (χ2n) is 6.61. The van der Waals surface area contributed by atoms with Crippen LogP contribution in [0.5, 0.6) is 11.5 Å². The van der Waals surface area contributed by atoms with Gasteiger partial charge in [0, 0.05) is 11.2 Å². The molecule has 0 unspecified atom stereocenters. The standard InChI is InChI=1S/C19H15BN2O3/c20-14-9-21-15-3-2-12(8-13(14)15)22-18(23)19(5-6-19)11-1-4-16-17(7-11)25-10-24-16/h1-4,7-9,21H,5-6,10H2,(H,22,23). The SMILES string of the molecule is [B]c1c[nH]c2ccc(NC(=O)C3(c4ccc5c(c4)OCO5)CC3)cc12. The van der Waals surface area contributed by atoms with Crippen molar-refractivity contribution in [3.8, 4) is 11.5 Å². The van der Waals surface area contributed by atoms with Crippen LogP contribution in [0.25, 0.3) is 10.9 Å². The first-order chi connectivity index (χ1) is 12.2. The Labute approximate surface area is 145 Å². The smallest absolute Gasteiger partial charge is 0.235 e. The molecule has 122 valence electrons. The number of benzene rings is 2. The van der Waals surface area contributed by atoms with E-state index in [-0.39, 0.29) is 12.7 Å². The van der Waals surface area contributed by atoms with E-state index in [1.807, 2.05) is 36.4 Å². The third kappa shape index (κ3) is 2.21. The van der Waals surface area contributed by atoms with Gasteiger partial charge in [0.2, 0.25) is 12.7 Å². The fraction of sp³-hybridized carbons (Fsp3) is 0.211. The van der Waals surface area contributed by atoms with Gasteiger partial charge in [-0.15, -0.1) is 0 Å². The topological polar surface area (TPSA) is 63.4 Å². The van der Waals surface area contributed by atoms with Crippen LogP contribution in [0, 0.1) is 0 Å². The van der Waals surface area contributed by atoms with Crippen LogP contribution in [0.15, 0.2) is 42.6 Å². The number of rotatable bonds is 3. The lowest BCUT2D eigenvalue weighted by atomic mass is 9.94. The molecule has 6 heteroatoms. The summed E-state index contributed by atoms with van der Waals surface area (Å²) in [4.78, 5) is 16.0. The van der Waals surface area contributed by atoms with E-state index < -0.39 is 5.41 Å². The van der Waals surface area contributed by atoms with Crippen molar-refractivity contribution in [1.29, 1.82) is 0 Å². The minimum atomic E-state index is -0.486. The number of H-pyrrole nitrogens is 1. The predicted molar refractivity (Wildman–Crippen MR) is 95.8 cm³/mol. The van der Waals surface area contributed by atoms with Crippen LogP contribution in [0.1, 0.15) is 18.4 Å². The number of nitrogens with one attached hydrogen (secondary N) is 2. The number of amides is 1. The van der Waals surface area contributed by atoms with Gasteiger partial charge in [0.05, 0.1) is 5.41 Å². The molecule has 1 fully saturated rings. The zero-order valence-electron chi connectivity index (χ0n) is 13.5. The summed E-state index contributed by atoms with van der Waals surface area (Å²) in [6.45, 7) is 0.232. The second-order valence-corrected chi connectivity index (χ2v) is 6.61. The Kier molecular flexibility index (Phi) is 2.92. The number of carbonyl (C=O) groups excluding carboxylic acids is 1. The largest absolute Gasteiger partial charge is 0.454 e. The lowest BCUT2D eigenvalue weighted by Crippen LogP contribution is -2.27. The molecule has 2 aliphatic rings. The van der Waals surface area contributed by atoms with Crippen molar-refractivity contribution in [2.45, 2.75) is 18.3 Å². The highest BCUT2D eigenvalue weighted by Crippen LogP contribution is 2.51. The third-order valence-corrected chi connectivity index (χ3v) is 5.08. The molecule has 1 aromatic heterocycles. The maximum absolute atomic E-state index is 12.9. The van der Waals surface area contributed by atoms with Crippen molar-refractivity contribution in [3.63, 3.8) is 0 Å². The van der Waals surface area contributed by atoms with Gasteiger partial charge in [0.1, 0.15) is 7.85 Å².